The number of aryl methyl sites for hydroxylation is 1. The lowest BCUT2D eigenvalue weighted by molar-refractivity contribution is 0.392. The van der Waals surface area contributed by atoms with Gasteiger partial charge in [-0.25, -0.2) is 0 Å². The summed E-state index contributed by atoms with van der Waals surface area (Å²) in [6.45, 7) is 3.29. The van der Waals surface area contributed by atoms with E-state index in [1.54, 1.807) is 0 Å². The van der Waals surface area contributed by atoms with Crippen LogP contribution >= 0.6 is 0 Å². The molecule has 1 heterocycles. The Hall–Kier alpha value is -0.860. The van der Waals surface area contributed by atoms with Crippen molar-refractivity contribution in [1.29, 1.82) is 0 Å². The minimum Gasteiger partial charge on any atom is -0.317 e. The van der Waals surface area contributed by atoms with Crippen LogP contribution < -0.4 is 0 Å². The van der Waals surface area contributed by atoms with Gasteiger partial charge in [0.25, 0.3) is 0 Å². The van der Waals surface area contributed by atoms with Crippen LogP contribution in [0.4, 0.5) is 0 Å². The minimum absolute atomic E-state index is 0.720. The molecule has 3 heteroatoms. The van der Waals surface area contributed by atoms with Crippen molar-refractivity contribution >= 4 is 0 Å². The second-order valence-corrected chi connectivity index (χ2v) is 5.16. The first-order chi connectivity index (χ1) is 7.38. The molecule has 3 rings (SSSR count). The molecule has 0 N–H and O–H groups in total. The predicted octanol–water partition coefficient (Wildman–Crippen LogP) is 2.59. The van der Waals surface area contributed by atoms with E-state index in [0.717, 1.165) is 24.3 Å². The van der Waals surface area contributed by atoms with E-state index in [1.165, 1.54) is 37.9 Å². The van der Waals surface area contributed by atoms with Crippen LogP contribution in [0, 0.1) is 11.8 Å². The molecular weight excluding hydrogens is 186 g/mol. The lowest BCUT2D eigenvalue weighted by Gasteiger charge is -2.21. The number of hydrogen-bond donors (Lipinski definition) is 0. The average Bonchev–Trinajstić information content (AvgIpc) is 2.91. The van der Waals surface area contributed by atoms with Gasteiger partial charge in [0.2, 0.25) is 0 Å². The van der Waals surface area contributed by atoms with Crippen LogP contribution in [0.1, 0.15) is 50.8 Å². The van der Waals surface area contributed by atoms with Gasteiger partial charge in [0.05, 0.1) is 0 Å². The zero-order valence-electron chi connectivity index (χ0n) is 9.39. The molecule has 0 saturated heterocycles. The van der Waals surface area contributed by atoms with Crippen molar-refractivity contribution in [3.8, 4) is 0 Å². The van der Waals surface area contributed by atoms with E-state index < -0.39 is 0 Å². The second-order valence-electron chi connectivity index (χ2n) is 5.16. The molecule has 0 amide bonds. The summed E-state index contributed by atoms with van der Waals surface area (Å²) in [5.74, 6) is 3.89. The molecule has 0 spiro atoms. The molecule has 0 aromatic carbocycles. The lowest BCUT2D eigenvalue weighted by Crippen LogP contribution is -2.14. The minimum atomic E-state index is 0.720. The zero-order chi connectivity index (χ0) is 10.3. The molecule has 2 bridgehead atoms. The van der Waals surface area contributed by atoms with E-state index in [1.807, 2.05) is 6.33 Å². The van der Waals surface area contributed by atoms with Gasteiger partial charge in [0.1, 0.15) is 12.2 Å². The molecule has 2 aliphatic rings. The maximum atomic E-state index is 4.35. The van der Waals surface area contributed by atoms with E-state index in [9.17, 15) is 0 Å². The molecule has 0 radical (unpaired) electrons. The van der Waals surface area contributed by atoms with Crippen molar-refractivity contribution in [2.45, 2.75) is 51.5 Å². The molecule has 1 aromatic heterocycles. The fourth-order valence-electron chi connectivity index (χ4n) is 3.53. The molecule has 15 heavy (non-hydrogen) atoms. The summed E-state index contributed by atoms with van der Waals surface area (Å²) in [4.78, 5) is 0. The van der Waals surface area contributed by atoms with Gasteiger partial charge in [-0.15, -0.1) is 10.2 Å². The summed E-state index contributed by atoms with van der Waals surface area (Å²) in [5, 5.41) is 8.43. The molecule has 2 aliphatic carbocycles. The first-order valence-electron chi connectivity index (χ1n) is 6.26. The van der Waals surface area contributed by atoms with Crippen molar-refractivity contribution < 1.29 is 0 Å². The van der Waals surface area contributed by atoms with E-state index in [4.69, 9.17) is 0 Å². The Balaban J connectivity index is 1.83. The summed E-state index contributed by atoms with van der Waals surface area (Å²) in [5.41, 5.74) is 0. The Kier molecular flexibility index (Phi) is 2.26. The van der Waals surface area contributed by atoms with Crippen LogP contribution in [0.15, 0.2) is 6.33 Å². The van der Waals surface area contributed by atoms with Crippen LogP contribution in [0.25, 0.3) is 0 Å². The maximum absolute atomic E-state index is 4.35. The Morgan fingerprint density at radius 3 is 3.00 bits per heavy atom. The highest BCUT2D eigenvalue weighted by Gasteiger charge is 2.42. The molecule has 1 aromatic rings. The Morgan fingerprint density at radius 2 is 2.33 bits per heavy atom. The van der Waals surface area contributed by atoms with Crippen LogP contribution in [0.2, 0.25) is 0 Å². The Morgan fingerprint density at radius 1 is 1.40 bits per heavy atom. The number of fused-ring (bicyclic) bond motifs is 2. The summed E-state index contributed by atoms with van der Waals surface area (Å²) in [7, 11) is 0. The van der Waals surface area contributed by atoms with E-state index in [0.29, 0.717) is 0 Å². The first kappa shape index (κ1) is 9.37. The molecule has 3 nitrogen and oxygen atoms in total. The van der Waals surface area contributed by atoms with Crippen molar-refractivity contribution in [3.05, 3.63) is 12.2 Å². The Labute approximate surface area is 90.9 Å². The molecule has 3 unspecified atom stereocenters. The predicted molar refractivity (Wildman–Crippen MR) is 58.5 cm³/mol. The summed E-state index contributed by atoms with van der Waals surface area (Å²) >= 11 is 0. The van der Waals surface area contributed by atoms with Gasteiger partial charge in [-0.05, 0) is 37.5 Å². The topological polar surface area (TPSA) is 30.7 Å². The van der Waals surface area contributed by atoms with Gasteiger partial charge in [-0.1, -0.05) is 13.3 Å². The van der Waals surface area contributed by atoms with Crippen molar-refractivity contribution in [2.24, 2.45) is 11.8 Å². The van der Waals surface area contributed by atoms with E-state index in [2.05, 4.69) is 21.7 Å². The number of aromatic nitrogens is 3. The smallest absolute Gasteiger partial charge is 0.136 e. The molecule has 82 valence electrons. The highest BCUT2D eigenvalue weighted by Crippen LogP contribution is 2.52. The molecule has 2 saturated carbocycles. The van der Waals surface area contributed by atoms with Crippen LogP contribution in [-0.2, 0) is 6.54 Å². The van der Waals surface area contributed by atoms with Crippen molar-refractivity contribution in [2.75, 3.05) is 0 Å². The second kappa shape index (κ2) is 3.62. The van der Waals surface area contributed by atoms with Gasteiger partial charge in [-0.3, -0.25) is 0 Å². The highest BCUT2D eigenvalue weighted by atomic mass is 15.3. The standard InChI is InChI=1S/C12H19N3/c1-2-5-15-8-13-14-12(15)11-7-9-3-4-10(11)6-9/h8-11H,2-7H2,1H3. The molecule has 3 atom stereocenters. The number of nitrogens with zero attached hydrogens (tertiary/aromatic N) is 3. The van der Waals surface area contributed by atoms with E-state index >= 15 is 0 Å². The maximum Gasteiger partial charge on any atom is 0.136 e. The zero-order valence-corrected chi connectivity index (χ0v) is 9.39. The van der Waals surface area contributed by atoms with Gasteiger partial charge in [0.15, 0.2) is 0 Å². The largest absolute Gasteiger partial charge is 0.317 e. The summed E-state index contributed by atoms with van der Waals surface area (Å²) in [6.07, 6.45) is 8.78. The lowest BCUT2D eigenvalue weighted by atomic mass is 9.88. The summed E-state index contributed by atoms with van der Waals surface area (Å²) < 4.78 is 2.27. The monoisotopic (exact) mass is 205 g/mol. The first-order valence-corrected chi connectivity index (χ1v) is 6.26. The molecular formula is C12H19N3. The Bertz CT molecular complexity index is 344. The van der Waals surface area contributed by atoms with Crippen LogP contribution in [-0.4, -0.2) is 14.8 Å². The third-order valence-electron chi connectivity index (χ3n) is 4.18. The SMILES string of the molecule is CCCn1cnnc1C1CC2CCC1C2. The van der Waals surface area contributed by atoms with Crippen molar-refractivity contribution in [3.63, 3.8) is 0 Å². The fraction of sp³-hybridized carbons (Fsp3) is 0.833. The molecule has 0 aliphatic heterocycles. The van der Waals surface area contributed by atoms with Gasteiger partial charge >= 0.3 is 0 Å². The highest BCUT2D eigenvalue weighted by molar-refractivity contribution is 5.07. The number of rotatable bonds is 3. The third-order valence-corrected chi connectivity index (χ3v) is 4.18. The van der Waals surface area contributed by atoms with Crippen LogP contribution in [0.3, 0.4) is 0 Å². The third kappa shape index (κ3) is 1.48. The molecule has 2 fully saturated rings. The van der Waals surface area contributed by atoms with Gasteiger partial charge in [-0.2, -0.15) is 0 Å². The van der Waals surface area contributed by atoms with Gasteiger partial charge < -0.3 is 4.57 Å². The van der Waals surface area contributed by atoms with Gasteiger partial charge in [0, 0.05) is 12.5 Å². The quantitative estimate of drug-likeness (QED) is 0.759. The fourth-order valence-corrected chi connectivity index (χ4v) is 3.53. The normalized spacial score (nSPS) is 33.8. The number of hydrogen-bond acceptors (Lipinski definition) is 2. The van der Waals surface area contributed by atoms with Crippen LogP contribution in [0.5, 0.6) is 0 Å². The summed E-state index contributed by atoms with van der Waals surface area (Å²) in [6, 6.07) is 0. The van der Waals surface area contributed by atoms with E-state index in [-0.39, 0.29) is 0 Å². The average molecular weight is 205 g/mol. The van der Waals surface area contributed by atoms with Crippen molar-refractivity contribution in [1.82, 2.24) is 14.8 Å².